The van der Waals surface area contributed by atoms with Crippen molar-refractivity contribution in [2.75, 3.05) is 7.05 Å². The quantitative estimate of drug-likeness (QED) is 0.793. The minimum Gasteiger partial charge on any atom is -0.481 e. The van der Waals surface area contributed by atoms with Gasteiger partial charge in [-0.25, -0.2) is 0 Å². The van der Waals surface area contributed by atoms with Gasteiger partial charge < -0.3 is 5.11 Å². The van der Waals surface area contributed by atoms with Gasteiger partial charge in [-0.2, -0.15) is 0 Å². The molecule has 0 radical (unpaired) electrons. The van der Waals surface area contributed by atoms with Gasteiger partial charge in [0, 0.05) is 17.5 Å². The molecule has 1 saturated carbocycles. The van der Waals surface area contributed by atoms with Crippen LogP contribution in [0.25, 0.3) is 0 Å². The van der Waals surface area contributed by atoms with E-state index in [2.05, 4.69) is 11.9 Å². The van der Waals surface area contributed by atoms with Gasteiger partial charge in [-0.1, -0.05) is 0 Å². The molecule has 0 aromatic carbocycles. The normalized spacial score (nSPS) is 47.3. The van der Waals surface area contributed by atoms with Crippen LogP contribution in [-0.2, 0) is 4.79 Å². The zero-order valence-electron chi connectivity index (χ0n) is 11.6. The molecule has 3 fully saturated rings. The van der Waals surface area contributed by atoms with Crippen LogP contribution < -0.4 is 0 Å². The highest BCUT2D eigenvalue weighted by molar-refractivity contribution is 6.20. The Morgan fingerprint density at radius 2 is 1.84 bits per heavy atom. The van der Waals surface area contributed by atoms with Crippen molar-refractivity contribution < 1.29 is 9.90 Å². The fourth-order valence-electron chi connectivity index (χ4n) is 4.84. The first-order valence-electron chi connectivity index (χ1n) is 7.66. The first-order chi connectivity index (χ1) is 9.08. The Labute approximate surface area is 120 Å². The molecular formula is C15H24ClNO2. The monoisotopic (exact) mass is 285 g/mol. The zero-order chi connectivity index (χ0) is 13.6. The van der Waals surface area contributed by atoms with E-state index in [1.807, 2.05) is 0 Å². The molecule has 4 heteroatoms. The van der Waals surface area contributed by atoms with Gasteiger partial charge in [-0.3, -0.25) is 9.69 Å². The van der Waals surface area contributed by atoms with E-state index in [4.69, 9.17) is 11.6 Å². The molecule has 0 spiro atoms. The van der Waals surface area contributed by atoms with Crippen molar-refractivity contribution in [1.29, 1.82) is 0 Å². The molecule has 0 aromatic rings. The molecule has 2 bridgehead atoms. The summed E-state index contributed by atoms with van der Waals surface area (Å²) >= 11 is 6.19. The van der Waals surface area contributed by atoms with Crippen molar-refractivity contribution in [3.8, 4) is 0 Å². The molecular weight excluding hydrogens is 262 g/mol. The largest absolute Gasteiger partial charge is 0.481 e. The number of nitrogens with zero attached hydrogens (tertiary/aromatic N) is 1. The molecule has 0 aromatic heterocycles. The lowest BCUT2D eigenvalue weighted by molar-refractivity contribution is -0.150. The summed E-state index contributed by atoms with van der Waals surface area (Å²) in [5.74, 6) is 0.249. The fraction of sp³-hybridized carbons (Fsp3) is 0.933. The average molecular weight is 286 g/mol. The Hall–Kier alpha value is -0.280. The molecule has 0 amide bonds. The second-order valence-corrected chi connectivity index (χ2v) is 7.36. The number of aliphatic carboxylic acids is 1. The van der Waals surface area contributed by atoms with Crippen molar-refractivity contribution in [1.82, 2.24) is 4.90 Å². The van der Waals surface area contributed by atoms with Crippen molar-refractivity contribution >= 4 is 17.6 Å². The third-order valence-corrected chi connectivity index (χ3v) is 6.34. The van der Waals surface area contributed by atoms with Crippen LogP contribution >= 0.6 is 11.6 Å². The van der Waals surface area contributed by atoms with Crippen molar-refractivity contribution in [2.24, 2.45) is 17.8 Å². The van der Waals surface area contributed by atoms with Crippen LogP contribution in [-0.4, -0.2) is 40.5 Å². The third-order valence-electron chi connectivity index (χ3n) is 5.91. The predicted molar refractivity (Wildman–Crippen MR) is 75.4 cm³/mol. The molecule has 108 valence electrons. The maximum absolute atomic E-state index is 11.8. The minimum atomic E-state index is -0.574. The standard InChI is InChI=1S/C15H24ClNO2/c1-17-11-6-7-13(17)14(15(18)19)12(8-11)9-2-4-10(16)5-3-9/h9-14H,2-8H2,1H3,(H,18,19)/t9?,10?,11-,12-,13?,14?/m1/s1. The lowest BCUT2D eigenvalue weighted by Crippen LogP contribution is -2.51. The van der Waals surface area contributed by atoms with E-state index in [9.17, 15) is 9.90 Å². The molecule has 1 N–H and O–H groups in total. The van der Waals surface area contributed by atoms with E-state index in [-0.39, 0.29) is 12.0 Å². The summed E-state index contributed by atoms with van der Waals surface area (Å²) < 4.78 is 0. The second kappa shape index (κ2) is 5.25. The molecule has 2 heterocycles. The first kappa shape index (κ1) is 13.7. The van der Waals surface area contributed by atoms with Gasteiger partial charge in [0.05, 0.1) is 5.92 Å². The van der Waals surface area contributed by atoms with Gasteiger partial charge in [0.1, 0.15) is 0 Å². The Morgan fingerprint density at radius 3 is 2.47 bits per heavy atom. The predicted octanol–water partition coefficient (Wildman–Crippen LogP) is 2.97. The summed E-state index contributed by atoms with van der Waals surface area (Å²) in [5, 5.41) is 10.00. The maximum Gasteiger partial charge on any atom is 0.308 e. The molecule has 3 aliphatic rings. The van der Waals surface area contributed by atoms with Crippen molar-refractivity contribution in [2.45, 2.75) is 62.4 Å². The smallest absolute Gasteiger partial charge is 0.308 e. The summed E-state index contributed by atoms with van der Waals surface area (Å²) in [7, 11) is 2.12. The fourth-order valence-corrected chi connectivity index (χ4v) is 5.10. The van der Waals surface area contributed by atoms with E-state index in [0.717, 1.165) is 38.5 Å². The van der Waals surface area contributed by atoms with Gasteiger partial charge in [0.2, 0.25) is 0 Å². The van der Waals surface area contributed by atoms with Crippen LogP contribution in [0.4, 0.5) is 0 Å². The highest BCUT2D eigenvalue weighted by atomic mass is 35.5. The van der Waals surface area contributed by atoms with Crippen LogP contribution in [0.1, 0.15) is 44.9 Å². The Morgan fingerprint density at radius 1 is 1.16 bits per heavy atom. The van der Waals surface area contributed by atoms with Crippen LogP contribution in [0.2, 0.25) is 0 Å². The first-order valence-corrected chi connectivity index (χ1v) is 8.10. The summed E-state index contributed by atoms with van der Waals surface area (Å²) in [6.45, 7) is 0. The Bertz CT molecular complexity index is 354. The highest BCUT2D eigenvalue weighted by Crippen LogP contribution is 2.48. The number of rotatable bonds is 2. The van der Waals surface area contributed by atoms with Crippen molar-refractivity contribution in [3.63, 3.8) is 0 Å². The molecule has 3 nitrogen and oxygen atoms in total. The van der Waals surface area contributed by atoms with Crippen LogP contribution in [0.5, 0.6) is 0 Å². The number of alkyl halides is 1. The van der Waals surface area contributed by atoms with Crippen LogP contribution in [0.3, 0.4) is 0 Å². The van der Waals surface area contributed by atoms with E-state index >= 15 is 0 Å². The van der Waals surface area contributed by atoms with Gasteiger partial charge in [-0.05, 0) is 63.8 Å². The Kier molecular flexibility index (Phi) is 3.78. The molecule has 3 rings (SSSR count). The zero-order valence-corrected chi connectivity index (χ0v) is 12.4. The number of carbonyl (C=O) groups is 1. The number of hydrogen-bond acceptors (Lipinski definition) is 2. The SMILES string of the molecule is CN1C2CC[C@@H]1C[C@H](C1CCC(Cl)CC1)C2C(=O)O. The molecule has 19 heavy (non-hydrogen) atoms. The van der Waals surface area contributed by atoms with Gasteiger partial charge in [0.15, 0.2) is 0 Å². The van der Waals surface area contributed by atoms with Gasteiger partial charge in [0.25, 0.3) is 0 Å². The van der Waals surface area contributed by atoms with Crippen molar-refractivity contribution in [3.05, 3.63) is 0 Å². The van der Waals surface area contributed by atoms with E-state index in [1.165, 1.54) is 6.42 Å². The second-order valence-electron chi connectivity index (χ2n) is 6.74. The number of carboxylic acid groups (broad SMARTS) is 1. The number of fused-ring (bicyclic) bond motifs is 2. The van der Waals surface area contributed by atoms with Crippen LogP contribution in [0.15, 0.2) is 0 Å². The molecule has 2 aliphatic heterocycles. The number of piperidine rings is 1. The number of hydrogen-bond donors (Lipinski definition) is 1. The number of halogens is 1. The molecule has 2 saturated heterocycles. The summed E-state index contributed by atoms with van der Waals surface area (Å²) in [4.78, 5) is 14.1. The number of carboxylic acids is 1. The van der Waals surface area contributed by atoms with E-state index in [1.54, 1.807) is 0 Å². The lowest BCUT2D eigenvalue weighted by atomic mass is 9.68. The summed E-state index contributed by atoms with van der Waals surface area (Å²) in [5.41, 5.74) is 0. The lowest BCUT2D eigenvalue weighted by Gasteiger charge is -2.45. The van der Waals surface area contributed by atoms with E-state index < -0.39 is 5.97 Å². The summed E-state index contributed by atoms with van der Waals surface area (Å²) in [6.07, 6.45) is 7.74. The third kappa shape index (κ3) is 2.40. The maximum atomic E-state index is 11.8. The summed E-state index contributed by atoms with van der Waals surface area (Å²) in [6, 6.07) is 0.897. The topological polar surface area (TPSA) is 40.5 Å². The van der Waals surface area contributed by atoms with Crippen LogP contribution in [0, 0.1) is 17.8 Å². The average Bonchev–Trinajstić information content (AvgIpc) is 2.63. The van der Waals surface area contributed by atoms with E-state index in [0.29, 0.717) is 23.3 Å². The highest BCUT2D eigenvalue weighted by Gasteiger charge is 2.50. The van der Waals surface area contributed by atoms with Gasteiger partial charge >= 0.3 is 5.97 Å². The van der Waals surface area contributed by atoms with Gasteiger partial charge in [-0.15, -0.1) is 11.6 Å². The minimum absolute atomic E-state index is 0.152. The molecule has 1 aliphatic carbocycles. The Balaban J connectivity index is 1.78. The molecule has 2 unspecified atom stereocenters. The molecule has 4 atom stereocenters.